The van der Waals surface area contributed by atoms with Crippen molar-refractivity contribution in [3.63, 3.8) is 0 Å². The van der Waals surface area contributed by atoms with E-state index in [2.05, 4.69) is 11.0 Å². The molecule has 1 unspecified atom stereocenters. The fraction of sp³-hybridized carbons (Fsp3) is 0.812. The molecule has 1 aliphatic carbocycles. The largest absolute Gasteiger partial charge is 0.466 e. The summed E-state index contributed by atoms with van der Waals surface area (Å²) in [4.78, 5) is 14.2. The molecule has 1 atom stereocenters. The van der Waals surface area contributed by atoms with Gasteiger partial charge in [0.15, 0.2) is 0 Å². The van der Waals surface area contributed by atoms with Crippen LogP contribution in [0, 0.1) is 5.92 Å². The topological polar surface area (TPSA) is 29.5 Å². The molecule has 3 heteroatoms. The molecule has 1 saturated carbocycles. The van der Waals surface area contributed by atoms with Crippen LogP contribution in [0.1, 0.15) is 51.9 Å². The number of hydrogen-bond donors (Lipinski definition) is 0. The Hall–Kier alpha value is -0.830. The molecule has 0 aromatic rings. The number of nitrogens with zero attached hydrogens (tertiary/aromatic N) is 1. The maximum atomic E-state index is 11.6. The van der Waals surface area contributed by atoms with Crippen molar-refractivity contribution < 1.29 is 9.53 Å². The minimum absolute atomic E-state index is 0.167. The highest BCUT2D eigenvalue weighted by molar-refractivity contribution is 5.88. The maximum Gasteiger partial charge on any atom is 0.333 e. The highest BCUT2D eigenvalue weighted by atomic mass is 16.5. The zero-order chi connectivity index (χ0) is 13.7. The molecule has 0 amide bonds. The van der Waals surface area contributed by atoms with Crippen LogP contribution in [0.3, 0.4) is 0 Å². The van der Waals surface area contributed by atoms with Crippen molar-refractivity contribution in [3.8, 4) is 0 Å². The molecule has 2 rings (SSSR count). The normalized spacial score (nSPS) is 26.0. The van der Waals surface area contributed by atoms with Gasteiger partial charge in [-0.2, -0.15) is 0 Å². The summed E-state index contributed by atoms with van der Waals surface area (Å²) >= 11 is 0. The molecule has 0 aromatic carbocycles. The SMILES string of the molecule is CCC(=CCN1CCCC1C1CCCC1)C(=O)OC. The third-order valence-electron chi connectivity index (χ3n) is 4.76. The van der Waals surface area contributed by atoms with Crippen molar-refractivity contribution in [2.24, 2.45) is 5.92 Å². The molecular weight excluding hydrogens is 238 g/mol. The molecule has 0 spiro atoms. The van der Waals surface area contributed by atoms with Gasteiger partial charge >= 0.3 is 5.97 Å². The van der Waals surface area contributed by atoms with E-state index in [0.717, 1.165) is 30.5 Å². The molecule has 3 nitrogen and oxygen atoms in total. The van der Waals surface area contributed by atoms with Gasteiger partial charge in [-0.25, -0.2) is 4.79 Å². The molecule has 2 fully saturated rings. The first-order valence-corrected chi connectivity index (χ1v) is 7.77. The van der Waals surface area contributed by atoms with E-state index < -0.39 is 0 Å². The Morgan fingerprint density at radius 2 is 2.00 bits per heavy atom. The molecule has 108 valence electrons. The number of carbonyl (C=O) groups excluding carboxylic acids is 1. The lowest BCUT2D eigenvalue weighted by molar-refractivity contribution is -0.136. The third-order valence-corrected chi connectivity index (χ3v) is 4.76. The van der Waals surface area contributed by atoms with E-state index in [9.17, 15) is 4.79 Å². The zero-order valence-electron chi connectivity index (χ0n) is 12.4. The smallest absolute Gasteiger partial charge is 0.333 e. The van der Waals surface area contributed by atoms with Gasteiger partial charge in [-0.15, -0.1) is 0 Å². The number of rotatable bonds is 5. The van der Waals surface area contributed by atoms with E-state index in [0.29, 0.717) is 0 Å². The molecule has 0 bridgehead atoms. The van der Waals surface area contributed by atoms with Gasteiger partial charge in [0.2, 0.25) is 0 Å². The van der Waals surface area contributed by atoms with Crippen molar-refractivity contribution in [1.82, 2.24) is 4.90 Å². The highest BCUT2D eigenvalue weighted by Gasteiger charge is 2.32. The van der Waals surface area contributed by atoms with Crippen LogP contribution in [-0.4, -0.2) is 37.1 Å². The first-order valence-electron chi connectivity index (χ1n) is 7.77. The molecule has 2 aliphatic rings. The second kappa shape index (κ2) is 7.09. The average molecular weight is 265 g/mol. The molecule has 1 saturated heterocycles. The predicted octanol–water partition coefficient (Wildman–Crippen LogP) is 3.15. The van der Waals surface area contributed by atoms with E-state index in [1.165, 1.54) is 52.2 Å². The number of carbonyl (C=O) groups is 1. The van der Waals surface area contributed by atoms with Crippen molar-refractivity contribution >= 4 is 5.97 Å². The average Bonchev–Trinajstić information content (AvgIpc) is 3.09. The lowest BCUT2D eigenvalue weighted by atomic mass is 9.96. The monoisotopic (exact) mass is 265 g/mol. The van der Waals surface area contributed by atoms with Crippen molar-refractivity contribution in [2.45, 2.75) is 57.9 Å². The number of ether oxygens (including phenoxy) is 1. The summed E-state index contributed by atoms with van der Waals surface area (Å²) in [6.07, 6.45) is 11.1. The van der Waals surface area contributed by atoms with E-state index in [1.54, 1.807) is 0 Å². The lowest BCUT2D eigenvalue weighted by Crippen LogP contribution is -2.35. The van der Waals surface area contributed by atoms with Crippen LogP contribution in [0.15, 0.2) is 11.6 Å². The van der Waals surface area contributed by atoms with Crippen LogP contribution in [0.4, 0.5) is 0 Å². The van der Waals surface area contributed by atoms with Gasteiger partial charge in [-0.05, 0) is 44.6 Å². The van der Waals surface area contributed by atoms with E-state index in [-0.39, 0.29) is 5.97 Å². The summed E-state index contributed by atoms with van der Waals surface area (Å²) in [6.45, 7) is 4.12. The Kier molecular flexibility index (Phi) is 5.44. The van der Waals surface area contributed by atoms with Crippen LogP contribution in [-0.2, 0) is 9.53 Å². The summed E-state index contributed by atoms with van der Waals surface area (Å²) in [5, 5.41) is 0. The van der Waals surface area contributed by atoms with E-state index in [1.807, 2.05) is 6.92 Å². The summed E-state index contributed by atoms with van der Waals surface area (Å²) in [7, 11) is 1.46. The van der Waals surface area contributed by atoms with Gasteiger partial charge in [0.1, 0.15) is 0 Å². The van der Waals surface area contributed by atoms with Crippen LogP contribution in [0.2, 0.25) is 0 Å². The van der Waals surface area contributed by atoms with Crippen LogP contribution in [0.25, 0.3) is 0 Å². The Morgan fingerprint density at radius 1 is 1.26 bits per heavy atom. The minimum Gasteiger partial charge on any atom is -0.466 e. The Morgan fingerprint density at radius 3 is 2.63 bits per heavy atom. The highest BCUT2D eigenvalue weighted by Crippen LogP contribution is 2.35. The molecular formula is C16H27NO2. The molecule has 1 heterocycles. The molecule has 0 N–H and O–H groups in total. The van der Waals surface area contributed by atoms with Crippen molar-refractivity contribution in [2.75, 3.05) is 20.2 Å². The maximum absolute atomic E-state index is 11.6. The van der Waals surface area contributed by atoms with Gasteiger partial charge in [-0.3, -0.25) is 4.90 Å². The summed E-state index contributed by atoms with van der Waals surface area (Å²) < 4.78 is 4.82. The second-order valence-electron chi connectivity index (χ2n) is 5.82. The standard InChI is InChI=1S/C16H27NO2/c1-3-13(16(18)19-2)10-12-17-11-6-9-15(17)14-7-4-5-8-14/h10,14-15H,3-9,11-12H2,1-2H3. The molecule has 0 aromatic heterocycles. The predicted molar refractivity (Wildman–Crippen MR) is 76.9 cm³/mol. The summed E-state index contributed by atoms with van der Waals surface area (Å²) in [5.74, 6) is 0.734. The Labute approximate surface area is 117 Å². The van der Waals surface area contributed by atoms with Crippen LogP contribution in [0.5, 0.6) is 0 Å². The molecule has 1 aliphatic heterocycles. The van der Waals surface area contributed by atoms with Gasteiger partial charge in [-0.1, -0.05) is 25.8 Å². The Balaban J connectivity index is 1.93. The van der Waals surface area contributed by atoms with Gasteiger partial charge in [0.25, 0.3) is 0 Å². The minimum atomic E-state index is -0.167. The van der Waals surface area contributed by atoms with Crippen molar-refractivity contribution in [3.05, 3.63) is 11.6 Å². The van der Waals surface area contributed by atoms with E-state index in [4.69, 9.17) is 4.74 Å². The number of esters is 1. The van der Waals surface area contributed by atoms with E-state index >= 15 is 0 Å². The third kappa shape index (κ3) is 3.59. The second-order valence-corrected chi connectivity index (χ2v) is 5.82. The van der Waals surface area contributed by atoms with Gasteiger partial charge < -0.3 is 4.74 Å². The first kappa shape index (κ1) is 14.6. The summed E-state index contributed by atoms with van der Waals surface area (Å²) in [5.41, 5.74) is 0.819. The quantitative estimate of drug-likeness (QED) is 0.565. The first-order chi connectivity index (χ1) is 9.26. The fourth-order valence-corrected chi connectivity index (χ4v) is 3.69. The fourth-order valence-electron chi connectivity index (χ4n) is 3.69. The van der Waals surface area contributed by atoms with Gasteiger partial charge in [0, 0.05) is 18.2 Å². The van der Waals surface area contributed by atoms with Crippen molar-refractivity contribution in [1.29, 1.82) is 0 Å². The van der Waals surface area contributed by atoms with Crippen LogP contribution >= 0.6 is 0 Å². The Bertz CT molecular complexity index is 332. The lowest BCUT2D eigenvalue weighted by Gasteiger charge is -2.28. The number of hydrogen-bond acceptors (Lipinski definition) is 3. The summed E-state index contributed by atoms with van der Waals surface area (Å²) in [6, 6.07) is 0.759. The van der Waals surface area contributed by atoms with Gasteiger partial charge in [0.05, 0.1) is 7.11 Å². The number of likely N-dealkylation sites (tertiary alicyclic amines) is 1. The molecule has 19 heavy (non-hydrogen) atoms. The molecule has 0 radical (unpaired) electrons. The van der Waals surface area contributed by atoms with Crippen LogP contribution < -0.4 is 0 Å². The number of methoxy groups -OCH3 is 1. The zero-order valence-corrected chi connectivity index (χ0v) is 12.4.